The third-order valence-corrected chi connectivity index (χ3v) is 4.30. The lowest BCUT2D eigenvalue weighted by atomic mass is 10.1. The van der Waals surface area contributed by atoms with Crippen LogP contribution in [0.25, 0.3) is 0 Å². The number of benzene rings is 2. The van der Waals surface area contributed by atoms with Gasteiger partial charge in [-0.05, 0) is 48.2 Å². The predicted molar refractivity (Wildman–Crippen MR) is 94.8 cm³/mol. The lowest BCUT2D eigenvalue weighted by Crippen LogP contribution is -2.26. The molecule has 116 valence electrons. The molecule has 0 N–H and O–H groups in total. The normalized spacial score (nSPS) is 10.4. The molecule has 2 aromatic rings. The summed E-state index contributed by atoms with van der Waals surface area (Å²) in [6.07, 6.45) is 2.06. The van der Waals surface area contributed by atoms with E-state index in [1.165, 1.54) is 4.90 Å². The van der Waals surface area contributed by atoms with Crippen molar-refractivity contribution >= 4 is 23.4 Å². The van der Waals surface area contributed by atoms with Crippen molar-refractivity contribution in [2.24, 2.45) is 0 Å². The van der Waals surface area contributed by atoms with Gasteiger partial charge in [0.2, 0.25) is 0 Å². The van der Waals surface area contributed by atoms with Crippen molar-refractivity contribution in [1.29, 1.82) is 0 Å². The number of hydrogen-bond acceptors (Lipinski definition) is 3. The van der Waals surface area contributed by atoms with Crippen molar-refractivity contribution in [3.05, 3.63) is 59.7 Å². The minimum Gasteiger partial charge on any atom is -0.378 e. The Balaban J connectivity index is 2.04. The van der Waals surface area contributed by atoms with Crippen molar-refractivity contribution in [3.63, 3.8) is 0 Å². The monoisotopic (exact) mass is 314 g/mol. The number of hydrogen-bond donors (Lipinski definition) is 0. The molecule has 0 aliphatic carbocycles. The topological polar surface area (TPSA) is 23.6 Å². The molecular formula is C18H22N2OS. The number of nitrogens with zero attached hydrogens (tertiary/aromatic N) is 2. The zero-order chi connectivity index (χ0) is 16.1. The van der Waals surface area contributed by atoms with Crippen LogP contribution in [0.1, 0.15) is 15.9 Å². The Kier molecular flexibility index (Phi) is 5.50. The highest BCUT2D eigenvalue weighted by Crippen LogP contribution is 2.17. The zero-order valence-electron chi connectivity index (χ0n) is 13.5. The molecule has 22 heavy (non-hydrogen) atoms. The second-order valence-corrected chi connectivity index (χ2v) is 6.33. The molecule has 2 rings (SSSR count). The molecule has 0 aliphatic rings. The SMILES string of the molecule is CSc1ccc(CN(C)C(=O)c2ccc(N(C)C)cc2)cc1. The van der Waals surface area contributed by atoms with Gasteiger partial charge in [-0.2, -0.15) is 0 Å². The molecular weight excluding hydrogens is 292 g/mol. The van der Waals surface area contributed by atoms with Crippen LogP contribution in [0.2, 0.25) is 0 Å². The summed E-state index contributed by atoms with van der Waals surface area (Å²) in [7, 11) is 5.81. The van der Waals surface area contributed by atoms with E-state index in [4.69, 9.17) is 0 Å². The molecule has 2 aromatic carbocycles. The largest absolute Gasteiger partial charge is 0.378 e. The van der Waals surface area contributed by atoms with E-state index in [0.29, 0.717) is 12.1 Å². The molecule has 0 aromatic heterocycles. The number of carbonyl (C=O) groups is 1. The van der Waals surface area contributed by atoms with Crippen LogP contribution in [0.15, 0.2) is 53.4 Å². The predicted octanol–water partition coefficient (Wildman–Crippen LogP) is 3.75. The van der Waals surface area contributed by atoms with Crippen molar-refractivity contribution in [3.8, 4) is 0 Å². The van der Waals surface area contributed by atoms with Crippen molar-refractivity contribution < 1.29 is 4.79 Å². The average molecular weight is 314 g/mol. The molecule has 0 saturated carbocycles. The first kappa shape index (κ1) is 16.4. The summed E-state index contributed by atoms with van der Waals surface area (Å²) >= 11 is 1.72. The Hall–Kier alpha value is -1.94. The van der Waals surface area contributed by atoms with E-state index in [2.05, 4.69) is 30.5 Å². The highest BCUT2D eigenvalue weighted by molar-refractivity contribution is 7.98. The van der Waals surface area contributed by atoms with Crippen molar-refractivity contribution in [2.45, 2.75) is 11.4 Å². The summed E-state index contributed by atoms with van der Waals surface area (Å²) in [6, 6.07) is 16.0. The first-order valence-electron chi connectivity index (χ1n) is 7.17. The lowest BCUT2D eigenvalue weighted by Gasteiger charge is -2.18. The Morgan fingerprint density at radius 1 is 0.955 bits per heavy atom. The average Bonchev–Trinajstić information content (AvgIpc) is 2.55. The third kappa shape index (κ3) is 4.04. The third-order valence-electron chi connectivity index (χ3n) is 3.56. The first-order valence-corrected chi connectivity index (χ1v) is 8.39. The maximum Gasteiger partial charge on any atom is 0.253 e. The van der Waals surface area contributed by atoms with Crippen molar-refractivity contribution in [1.82, 2.24) is 4.90 Å². The molecule has 0 radical (unpaired) electrons. The van der Waals surface area contributed by atoms with Gasteiger partial charge in [0.25, 0.3) is 5.91 Å². The van der Waals surface area contributed by atoms with Gasteiger partial charge in [0.1, 0.15) is 0 Å². The minimum atomic E-state index is 0.0410. The summed E-state index contributed by atoms with van der Waals surface area (Å²) in [5, 5.41) is 0. The number of rotatable bonds is 5. The number of amides is 1. The number of anilines is 1. The van der Waals surface area contributed by atoms with Gasteiger partial charge in [-0.15, -0.1) is 11.8 Å². The van der Waals surface area contributed by atoms with Gasteiger partial charge in [0, 0.05) is 43.8 Å². The van der Waals surface area contributed by atoms with Gasteiger partial charge in [-0.1, -0.05) is 12.1 Å². The van der Waals surface area contributed by atoms with Crippen LogP contribution in [0.4, 0.5) is 5.69 Å². The molecule has 0 atom stereocenters. The summed E-state index contributed by atoms with van der Waals surface area (Å²) in [4.78, 5) is 17.5. The molecule has 4 heteroatoms. The fourth-order valence-electron chi connectivity index (χ4n) is 2.20. The van der Waals surface area contributed by atoms with Crippen LogP contribution < -0.4 is 4.90 Å². The summed E-state index contributed by atoms with van der Waals surface area (Å²) in [5.74, 6) is 0.0410. The Bertz CT molecular complexity index is 621. The highest BCUT2D eigenvalue weighted by atomic mass is 32.2. The Morgan fingerprint density at radius 3 is 2.05 bits per heavy atom. The van der Waals surface area contributed by atoms with E-state index in [1.54, 1.807) is 16.7 Å². The Morgan fingerprint density at radius 2 is 1.55 bits per heavy atom. The van der Waals surface area contributed by atoms with Gasteiger partial charge in [0.05, 0.1) is 0 Å². The minimum absolute atomic E-state index is 0.0410. The van der Waals surface area contributed by atoms with Gasteiger partial charge in [0.15, 0.2) is 0 Å². The summed E-state index contributed by atoms with van der Waals surface area (Å²) in [6.45, 7) is 0.614. The molecule has 0 spiro atoms. The molecule has 0 saturated heterocycles. The fourth-order valence-corrected chi connectivity index (χ4v) is 2.61. The smallest absolute Gasteiger partial charge is 0.253 e. The molecule has 0 aliphatic heterocycles. The van der Waals surface area contributed by atoms with Crippen LogP contribution in [-0.2, 0) is 6.54 Å². The van der Waals surface area contributed by atoms with E-state index in [-0.39, 0.29) is 5.91 Å². The van der Waals surface area contributed by atoms with E-state index in [1.807, 2.05) is 50.3 Å². The van der Waals surface area contributed by atoms with E-state index < -0.39 is 0 Å². The quantitative estimate of drug-likeness (QED) is 0.785. The maximum atomic E-state index is 12.5. The van der Waals surface area contributed by atoms with Gasteiger partial charge >= 0.3 is 0 Å². The molecule has 1 amide bonds. The molecule has 0 fully saturated rings. The first-order chi connectivity index (χ1) is 10.5. The van der Waals surface area contributed by atoms with Crippen LogP contribution in [0.5, 0.6) is 0 Å². The van der Waals surface area contributed by atoms with Gasteiger partial charge < -0.3 is 9.80 Å². The highest BCUT2D eigenvalue weighted by Gasteiger charge is 2.12. The summed E-state index contributed by atoms with van der Waals surface area (Å²) in [5.41, 5.74) is 2.94. The van der Waals surface area contributed by atoms with Crippen LogP contribution in [0, 0.1) is 0 Å². The lowest BCUT2D eigenvalue weighted by molar-refractivity contribution is 0.0785. The van der Waals surface area contributed by atoms with Crippen LogP contribution >= 0.6 is 11.8 Å². The van der Waals surface area contributed by atoms with Gasteiger partial charge in [-0.3, -0.25) is 4.79 Å². The standard InChI is InChI=1S/C18H22N2OS/c1-19(2)16-9-7-15(8-10-16)18(21)20(3)13-14-5-11-17(22-4)12-6-14/h5-12H,13H2,1-4H3. The fraction of sp³-hybridized carbons (Fsp3) is 0.278. The van der Waals surface area contributed by atoms with Crippen molar-refractivity contribution in [2.75, 3.05) is 32.3 Å². The van der Waals surface area contributed by atoms with E-state index >= 15 is 0 Å². The molecule has 0 bridgehead atoms. The second kappa shape index (κ2) is 7.36. The molecule has 0 unspecified atom stereocenters. The zero-order valence-corrected chi connectivity index (χ0v) is 14.4. The Labute approximate surface area is 136 Å². The number of carbonyl (C=O) groups excluding carboxylic acids is 1. The van der Waals surface area contributed by atoms with E-state index in [9.17, 15) is 4.79 Å². The summed E-state index contributed by atoms with van der Waals surface area (Å²) < 4.78 is 0. The van der Waals surface area contributed by atoms with Crippen LogP contribution in [-0.4, -0.2) is 38.2 Å². The van der Waals surface area contributed by atoms with E-state index in [0.717, 1.165) is 11.3 Å². The number of thioether (sulfide) groups is 1. The van der Waals surface area contributed by atoms with Crippen LogP contribution in [0.3, 0.4) is 0 Å². The second-order valence-electron chi connectivity index (χ2n) is 5.45. The molecule has 3 nitrogen and oxygen atoms in total. The van der Waals surface area contributed by atoms with Gasteiger partial charge in [-0.25, -0.2) is 0 Å². The maximum absolute atomic E-state index is 12.5. The molecule has 0 heterocycles.